The van der Waals surface area contributed by atoms with Crippen molar-refractivity contribution in [2.75, 3.05) is 6.54 Å². The molecule has 11 heavy (non-hydrogen) atoms. The summed E-state index contributed by atoms with van der Waals surface area (Å²) in [6.45, 7) is 14.1. The normalized spacial score (nSPS) is 48.9. The fourth-order valence-corrected chi connectivity index (χ4v) is 2.34. The quantitative estimate of drug-likeness (QED) is 0.444. The van der Waals surface area contributed by atoms with Crippen molar-refractivity contribution in [2.24, 2.45) is 0 Å². The molecule has 0 radical (unpaired) electrons. The molecule has 1 aliphatic rings. The van der Waals surface area contributed by atoms with Crippen LogP contribution in [0.25, 0.3) is 0 Å². The molecular weight excluding hydrogens is 134 g/mol. The zero-order valence-electron chi connectivity index (χ0n) is 8.15. The van der Waals surface area contributed by atoms with Crippen molar-refractivity contribution in [2.45, 2.75) is 45.2 Å². The van der Waals surface area contributed by atoms with Gasteiger partial charge in [-0.1, -0.05) is 19.9 Å². The van der Waals surface area contributed by atoms with Crippen molar-refractivity contribution in [1.82, 2.24) is 4.90 Å². The maximum absolute atomic E-state index is 3.89. The molecule has 1 rings (SSSR count). The highest BCUT2D eigenvalue weighted by molar-refractivity contribution is 5.30. The molecule has 0 amide bonds. The Labute approximate surface area is 70.1 Å². The van der Waals surface area contributed by atoms with E-state index < -0.39 is 0 Å². The Balaban J connectivity index is 2.80. The van der Waals surface area contributed by atoms with Gasteiger partial charge in [0.25, 0.3) is 0 Å². The number of hydrogen-bond acceptors (Lipinski definition) is 1. The Morgan fingerprint density at radius 1 is 1.36 bits per heavy atom. The summed E-state index contributed by atoms with van der Waals surface area (Å²) in [4.78, 5) is 2.49. The van der Waals surface area contributed by atoms with Gasteiger partial charge >= 0.3 is 0 Å². The molecule has 0 aromatic carbocycles. The summed E-state index contributed by atoms with van der Waals surface area (Å²) in [6, 6.07) is 0. The van der Waals surface area contributed by atoms with Gasteiger partial charge in [-0.3, -0.25) is 4.90 Å². The van der Waals surface area contributed by atoms with Crippen LogP contribution in [0.3, 0.4) is 0 Å². The lowest BCUT2D eigenvalue weighted by atomic mass is 9.94. The molecule has 64 valence electrons. The van der Waals surface area contributed by atoms with Crippen molar-refractivity contribution in [3.8, 4) is 0 Å². The second-order valence-corrected chi connectivity index (χ2v) is 3.72. The second kappa shape index (κ2) is 2.34. The minimum absolute atomic E-state index is 0.260. The van der Waals surface area contributed by atoms with Gasteiger partial charge in [-0.05, 0) is 26.8 Å². The Morgan fingerprint density at radius 3 is 2.00 bits per heavy atom. The largest absolute Gasteiger partial charge is 0.285 e. The third-order valence-electron chi connectivity index (χ3n) is 3.60. The van der Waals surface area contributed by atoms with Crippen molar-refractivity contribution in [1.29, 1.82) is 0 Å². The predicted molar refractivity (Wildman–Crippen MR) is 49.7 cm³/mol. The summed E-state index contributed by atoms with van der Waals surface area (Å²) in [5, 5.41) is 0. The van der Waals surface area contributed by atoms with Gasteiger partial charge in [0.1, 0.15) is 0 Å². The first-order valence-electron chi connectivity index (χ1n) is 4.48. The molecule has 0 saturated carbocycles. The molecule has 3 atom stereocenters. The average Bonchev–Trinajstić information content (AvgIpc) is 2.51. The van der Waals surface area contributed by atoms with Crippen molar-refractivity contribution in [3.63, 3.8) is 0 Å². The van der Waals surface area contributed by atoms with Crippen LogP contribution in [-0.2, 0) is 0 Å². The third-order valence-corrected chi connectivity index (χ3v) is 3.60. The summed E-state index contributed by atoms with van der Waals surface area (Å²) in [7, 11) is 0. The Kier molecular flexibility index (Phi) is 1.87. The first kappa shape index (κ1) is 8.79. The fourth-order valence-electron chi connectivity index (χ4n) is 2.34. The molecule has 0 spiro atoms. The molecule has 1 aliphatic heterocycles. The molecule has 0 aliphatic carbocycles. The van der Waals surface area contributed by atoms with Gasteiger partial charge in [0.15, 0.2) is 0 Å². The second-order valence-electron chi connectivity index (χ2n) is 3.72. The Hall–Kier alpha value is -0.300. The van der Waals surface area contributed by atoms with E-state index in [0.717, 1.165) is 6.54 Å². The van der Waals surface area contributed by atoms with Crippen LogP contribution in [0, 0.1) is 0 Å². The van der Waals surface area contributed by atoms with E-state index >= 15 is 0 Å². The Morgan fingerprint density at radius 2 is 1.91 bits per heavy atom. The predicted octanol–water partition coefficient (Wildman–Crippen LogP) is 2.44. The van der Waals surface area contributed by atoms with Crippen molar-refractivity contribution >= 4 is 0 Å². The number of nitrogens with zero attached hydrogens (tertiary/aromatic N) is 1. The molecule has 1 nitrogen and oxygen atoms in total. The van der Waals surface area contributed by atoms with E-state index in [1.54, 1.807) is 0 Å². The van der Waals surface area contributed by atoms with Crippen molar-refractivity contribution in [3.05, 3.63) is 12.7 Å². The third kappa shape index (κ3) is 0.807. The van der Waals surface area contributed by atoms with E-state index in [4.69, 9.17) is 0 Å². The number of hydrogen-bond donors (Lipinski definition) is 0. The van der Waals surface area contributed by atoms with E-state index in [0.29, 0.717) is 5.54 Å². The zero-order valence-corrected chi connectivity index (χ0v) is 8.15. The minimum Gasteiger partial charge on any atom is -0.285 e. The number of rotatable bonds is 3. The van der Waals surface area contributed by atoms with Crippen LogP contribution in [-0.4, -0.2) is 22.5 Å². The maximum Gasteiger partial charge on any atom is 0.0548 e. The fraction of sp³-hybridized carbons (Fsp3) is 0.800. The molecule has 1 saturated heterocycles. The highest BCUT2D eigenvalue weighted by Gasteiger charge is 2.64. The van der Waals surface area contributed by atoms with Gasteiger partial charge in [0.05, 0.1) is 5.54 Å². The lowest BCUT2D eigenvalue weighted by molar-refractivity contribution is 0.424. The SMILES string of the molecule is C=CC1(C)N(CC)C1(C)CC. The van der Waals surface area contributed by atoms with E-state index in [2.05, 4.69) is 45.2 Å². The molecule has 0 N–H and O–H groups in total. The topological polar surface area (TPSA) is 3.01 Å². The Bertz CT molecular complexity index is 176. The van der Waals surface area contributed by atoms with Gasteiger partial charge in [-0.15, -0.1) is 6.58 Å². The lowest BCUT2D eigenvalue weighted by Gasteiger charge is -2.07. The van der Waals surface area contributed by atoms with Crippen LogP contribution < -0.4 is 0 Å². The molecule has 1 fully saturated rings. The van der Waals surface area contributed by atoms with Crippen LogP contribution >= 0.6 is 0 Å². The monoisotopic (exact) mass is 153 g/mol. The highest BCUT2D eigenvalue weighted by Crippen LogP contribution is 2.53. The van der Waals surface area contributed by atoms with E-state index in [1.165, 1.54) is 6.42 Å². The summed E-state index contributed by atoms with van der Waals surface area (Å²) in [5.41, 5.74) is 0.639. The first-order chi connectivity index (χ1) is 5.06. The maximum atomic E-state index is 3.89. The first-order valence-corrected chi connectivity index (χ1v) is 4.48. The molecule has 0 bridgehead atoms. The van der Waals surface area contributed by atoms with E-state index in [1.807, 2.05) is 0 Å². The average molecular weight is 153 g/mol. The molecular formula is C10H19N. The summed E-state index contributed by atoms with van der Waals surface area (Å²) >= 11 is 0. The lowest BCUT2D eigenvalue weighted by Crippen LogP contribution is -2.15. The molecule has 3 unspecified atom stereocenters. The van der Waals surface area contributed by atoms with Gasteiger partial charge in [0, 0.05) is 5.54 Å². The molecule has 0 aromatic rings. The summed E-state index contributed by atoms with van der Waals surface area (Å²) in [6.07, 6.45) is 3.30. The minimum atomic E-state index is 0.260. The van der Waals surface area contributed by atoms with Crippen LogP contribution in [0.1, 0.15) is 34.1 Å². The van der Waals surface area contributed by atoms with Crippen LogP contribution in [0.15, 0.2) is 12.7 Å². The van der Waals surface area contributed by atoms with Crippen LogP contribution in [0.2, 0.25) is 0 Å². The molecule has 1 heteroatoms. The van der Waals surface area contributed by atoms with Gasteiger partial charge in [0.2, 0.25) is 0 Å². The van der Waals surface area contributed by atoms with Gasteiger partial charge in [-0.25, -0.2) is 0 Å². The smallest absolute Gasteiger partial charge is 0.0548 e. The zero-order chi connectivity index (χ0) is 8.70. The van der Waals surface area contributed by atoms with Gasteiger partial charge < -0.3 is 0 Å². The van der Waals surface area contributed by atoms with Crippen LogP contribution in [0.5, 0.6) is 0 Å². The summed E-state index contributed by atoms with van der Waals surface area (Å²) < 4.78 is 0. The van der Waals surface area contributed by atoms with Crippen LogP contribution in [0.4, 0.5) is 0 Å². The summed E-state index contributed by atoms with van der Waals surface area (Å²) in [5.74, 6) is 0. The van der Waals surface area contributed by atoms with Gasteiger partial charge in [-0.2, -0.15) is 0 Å². The number of likely N-dealkylation sites (N-methyl/N-ethyl adjacent to an activating group) is 1. The van der Waals surface area contributed by atoms with E-state index in [9.17, 15) is 0 Å². The molecule has 0 aromatic heterocycles. The molecule has 1 heterocycles. The van der Waals surface area contributed by atoms with E-state index in [-0.39, 0.29) is 5.54 Å². The standard InChI is InChI=1S/C10H19N/c1-6-9(4)10(5,7-2)11(9)8-3/h6H,1,7-8H2,2-5H3. The highest BCUT2D eigenvalue weighted by atomic mass is 15.4. The van der Waals surface area contributed by atoms with Crippen molar-refractivity contribution < 1.29 is 0 Å².